The van der Waals surface area contributed by atoms with Gasteiger partial charge in [-0.1, -0.05) is 11.6 Å². The molecule has 170 valence electrons. The van der Waals surface area contributed by atoms with Gasteiger partial charge in [-0.25, -0.2) is 0 Å². The van der Waals surface area contributed by atoms with Gasteiger partial charge in [0, 0.05) is 33.5 Å². The molecule has 1 atom stereocenters. The number of anilines is 2. The summed E-state index contributed by atoms with van der Waals surface area (Å²) in [7, 11) is 0. The van der Waals surface area contributed by atoms with Gasteiger partial charge in [0.05, 0.1) is 16.4 Å². The van der Waals surface area contributed by atoms with Gasteiger partial charge in [0.25, 0.3) is 5.91 Å². The van der Waals surface area contributed by atoms with Gasteiger partial charge in [0.2, 0.25) is 5.91 Å². The van der Waals surface area contributed by atoms with E-state index in [2.05, 4.69) is 20.7 Å². The molecule has 4 aromatic rings. The lowest BCUT2D eigenvalue weighted by Crippen LogP contribution is -2.25. The molecule has 1 unspecified atom stereocenters. The van der Waals surface area contributed by atoms with Crippen molar-refractivity contribution < 1.29 is 9.59 Å². The summed E-state index contributed by atoms with van der Waals surface area (Å²) >= 11 is 6.40. The molecule has 2 aromatic heterocycles. The monoisotopic (exact) mass is 463 g/mol. The lowest BCUT2D eigenvalue weighted by Gasteiger charge is -2.16. The van der Waals surface area contributed by atoms with Crippen molar-refractivity contribution >= 4 is 45.7 Å². The van der Waals surface area contributed by atoms with Crippen molar-refractivity contribution in [3.8, 4) is 0 Å². The standard InChI is InChI=1S/C25H26ClN5O2/c1-13-10-14(2)31(30-13)17(5)24(32)29-23-9-7-19(12-21(23)26)28-25(33)18-6-8-22-20(11-18)15(3)16(4)27-22/h6-12,17,27H,1-5H3,(H,28,33)(H,29,32). The summed E-state index contributed by atoms with van der Waals surface area (Å²) in [6, 6.07) is 12.0. The number of carbonyl (C=O) groups excluding carboxylic acids is 2. The molecule has 4 rings (SSSR count). The number of aryl methyl sites for hydroxylation is 4. The highest BCUT2D eigenvalue weighted by atomic mass is 35.5. The molecule has 0 fully saturated rings. The zero-order valence-corrected chi connectivity index (χ0v) is 20.0. The van der Waals surface area contributed by atoms with E-state index >= 15 is 0 Å². The molecule has 0 bridgehead atoms. The fourth-order valence-electron chi connectivity index (χ4n) is 3.89. The summed E-state index contributed by atoms with van der Waals surface area (Å²) in [5.74, 6) is -0.466. The minimum atomic E-state index is -0.496. The zero-order valence-electron chi connectivity index (χ0n) is 19.2. The number of aromatic amines is 1. The molecule has 0 spiro atoms. The summed E-state index contributed by atoms with van der Waals surface area (Å²) in [5, 5.41) is 11.4. The number of nitrogens with one attached hydrogen (secondary N) is 3. The van der Waals surface area contributed by atoms with Crippen LogP contribution in [0.2, 0.25) is 5.02 Å². The fourth-order valence-corrected chi connectivity index (χ4v) is 4.11. The third-order valence-corrected chi connectivity index (χ3v) is 6.16. The number of aromatic nitrogens is 3. The summed E-state index contributed by atoms with van der Waals surface area (Å²) in [6.45, 7) is 9.61. The Labute approximate surface area is 197 Å². The van der Waals surface area contributed by atoms with Gasteiger partial charge in [-0.3, -0.25) is 14.3 Å². The highest BCUT2D eigenvalue weighted by Gasteiger charge is 2.19. The molecule has 8 heteroatoms. The Morgan fingerprint density at radius 3 is 2.45 bits per heavy atom. The van der Waals surface area contributed by atoms with E-state index in [0.717, 1.165) is 33.5 Å². The molecule has 7 nitrogen and oxygen atoms in total. The van der Waals surface area contributed by atoms with Crippen molar-refractivity contribution in [3.63, 3.8) is 0 Å². The van der Waals surface area contributed by atoms with Gasteiger partial charge in [-0.2, -0.15) is 5.10 Å². The smallest absolute Gasteiger partial charge is 0.255 e. The number of amides is 2. The largest absolute Gasteiger partial charge is 0.358 e. The minimum Gasteiger partial charge on any atom is -0.358 e. The number of carbonyl (C=O) groups is 2. The summed E-state index contributed by atoms with van der Waals surface area (Å²) in [6.07, 6.45) is 0. The van der Waals surface area contributed by atoms with Gasteiger partial charge in [-0.15, -0.1) is 0 Å². The van der Waals surface area contributed by atoms with E-state index in [4.69, 9.17) is 11.6 Å². The van der Waals surface area contributed by atoms with Gasteiger partial charge in [0.15, 0.2) is 0 Å². The summed E-state index contributed by atoms with van der Waals surface area (Å²) in [4.78, 5) is 28.8. The van der Waals surface area contributed by atoms with Crippen LogP contribution in [0.3, 0.4) is 0 Å². The molecule has 0 saturated carbocycles. The number of rotatable bonds is 5. The molecule has 33 heavy (non-hydrogen) atoms. The first-order valence-electron chi connectivity index (χ1n) is 10.7. The van der Waals surface area contributed by atoms with Crippen LogP contribution in [0.25, 0.3) is 10.9 Å². The second-order valence-corrected chi connectivity index (χ2v) is 8.73. The summed E-state index contributed by atoms with van der Waals surface area (Å²) < 4.78 is 1.68. The molecule has 2 aromatic carbocycles. The van der Waals surface area contributed by atoms with Crippen LogP contribution in [0.1, 0.15) is 46.0 Å². The number of benzene rings is 2. The maximum atomic E-state index is 12.8. The van der Waals surface area contributed by atoms with Crippen molar-refractivity contribution in [3.05, 3.63) is 75.7 Å². The van der Waals surface area contributed by atoms with Crippen molar-refractivity contribution in [2.45, 2.75) is 40.7 Å². The maximum Gasteiger partial charge on any atom is 0.255 e. The molecule has 2 amide bonds. The van der Waals surface area contributed by atoms with Crippen molar-refractivity contribution in [2.24, 2.45) is 0 Å². The van der Waals surface area contributed by atoms with E-state index < -0.39 is 6.04 Å². The molecular weight excluding hydrogens is 438 g/mol. The number of H-pyrrole nitrogens is 1. The number of halogens is 1. The minimum absolute atomic E-state index is 0.231. The molecule has 3 N–H and O–H groups in total. The molecular formula is C25H26ClN5O2. The van der Waals surface area contributed by atoms with E-state index in [1.54, 1.807) is 35.9 Å². The normalized spacial score (nSPS) is 12.1. The molecule has 0 aliphatic rings. The Morgan fingerprint density at radius 1 is 1.03 bits per heavy atom. The van der Waals surface area contributed by atoms with E-state index in [1.165, 1.54) is 0 Å². The predicted molar refractivity (Wildman–Crippen MR) is 132 cm³/mol. The molecule has 2 heterocycles. The first-order valence-corrected chi connectivity index (χ1v) is 11.1. The highest BCUT2D eigenvalue weighted by molar-refractivity contribution is 6.34. The van der Waals surface area contributed by atoms with Crippen molar-refractivity contribution in [1.82, 2.24) is 14.8 Å². The third kappa shape index (κ3) is 4.50. The Morgan fingerprint density at radius 2 is 1.79 bits per heavy atom. The van der Waals surface area contributed by atoms with Crippen molar-refractivity contribution in [2.75, 3.05) is 10.6 Å². The Balaban J connectivity index is 1.47. The highest BCUT2D eigenvalue weighted by Crippen LogP contribution is 2.28. The van der Waals surface area contributed by atoms with E-state index in [-0.39, 0.29) is 11.8 Å². The van der Waals surface area contributed by atoms with E-state index in [1.807, 2.05) is 45.9 Å². The van der Waals surface area contributed by atoms with Gasteiger partial charge >= 0.3 is 0 Å². The Bertz CT molecular complexity index is 1390. The topological polar surface area (TPSA) is 91.8 Å². The first kappa shape index (κ1) is 22.6. The molecule has 0 saturated heterocycles. The van der Waals surface area contributed by atoms with Gasteiger partial charge in [0.1, 0.15) is 6.04 Å². The van der Waals surface area contributed by atoms with Crippen LogP contribution in [0.4, 0.5) is 11.4 Å². The zero-order chi connectivity index (χ0) is 23.9. The van der Waals surface area contributed by atoms with Crippen LogP contribution in [-0.4, -0.2) is 26.6 Å². The lowest BCUT2D eigenvalue weighted by atomic mass is 10.1. The third-order valence-electron chi connectivity index (χ3n) is 5.85. The Kier molecular flexibility index (Phi) is 5.99. The molecule has 0 aliphatic heterocycles. The van der Waals surface area contributed by atoms with Crippen LogP contribution in [0.5, 0.6) is 0 Å². The quantitative estimate of drug-likeness (QED) is 0.354. The average molecular weight is 464 g/mol. The Hall–Kier alpha value is -3.58. The SMILES string of the molecule is Cc1cc(C)n(C(C)C(=O)Nc2ccc(NC(=O)c3ccc4[nH]c(C)c(C)c4c3)cc2Cl)n1. The summed E-state index contributed by atoms with van der Waals surface area (Å²) in [5.41, 5.74) is 6.52. The van der Waals surface area contributed by atoms with Crippen LogP contribution in [-0.2, 0) is 4.79 Å². The number of fused-ring (bicyclic) bond motifs is 1. The number of hydrogen-bond acceptors (Lipinski definition) is 3. The molecule has 0 radical (unpaired) electrons. The van der Waals surface area contributed by atoms with Crippen LogP contribution in [0, 0.1) is 27.7 Å². The fraction of sp³-hybridized carbons (Fsp3) is 0.240. The van der Waals surface area contributed by atoms with Crippen molar-refractivity contribution in [1.29, 1.82) is 0 Å². The van der Waals surface area contributed by atoms with Gasteiger partial charge < -0.3 is 15.6 Å². The lowest BCUT2D eigenvalue weighted by molar-refractivity contribution is -0.119. The van der Waals surface area contributed by atoms with Gasteiger partial charge in [-0.05, 0) is 82.6 Å². The predicted octanol–water partition coefficient (Wildman–Crippen LogP) is 5.70. The van der Waals surface area contributed by atoms with Crippen LogP contribution in [0.15, 0.2) is 42.5 Å². The van der Waals surface area contributed by atoms with E-state index in [9.17, 15) is 9.59 Å². The molecule has 0 aliphatic carbocycles. The second-order valence-electron chi connectivity index (χ2n) is 8.32. The average Bonchev–Trinajstić information content (AvgIpc) is 3.26. The first-order chi connectivity index (χ1) is 15.6. The van der Waals surface area contributed by atoms with Crippen LogP contribution < -0.4 is 10.6 Å². The maximum absolute atomic E-state index is 12.8. The number of hydrogen-bond donors (Lipinski definition) is 3. The second kappa shape index (κ2) is 8.75. The van der Waals surface area contributed by atoms with E-state index in [0.29, 0.717) is 22.0 Å². The van der Waals surface area contributed by atoms with Crippen LogP contribution >= 0.6 is 11.6 Å². The number of nitrogens with zero attached hydrogens (tertiary/aromatic N) is 2.